The van der Waals surface area contributed by atoms with Gasteiger partial charge in [0.15, 0.2) is 11.6 Å². The first kappa shape index (κ1) is 12.1. The molecule has 7 heteroatoms. The van der Waals surface area contributed by atoms with Crippen LogP contribution in [0.25, 0.3) is 0 Å². The van der Waals surface area contributed by atoms with Crippen LogP contribution in [-0.4, -0.2) is 3.98 Å². The quantitative estimate of drug-likeness (QED) is 0.550. The zero-order valence-corrected chi connectivity index (χ0v) is 9.35. The minimum absolute atomic E-state index is 0.573. The minimum atomic E-state index is -2.20. The fourth-order valence-corrected chi connectivity index (χ4v) is 1.14. The highest BCUT2D eigenvalue weighted by Crippen LogP contribution is 2.37. The first-order valence-corrected chi connectivity index (χ1v) is 4.71. The molecule has 14 heavy (non-hydrogen) atoms. The third-order valence-corrected chi connectivity index (χ3v) is 1.80. The summed E-state index contributed by atoms with van der Waals surface area (Å²) in [7, 11) is 0. The van der Waals surface area contributed by atoms with Gasteiger partial charge in [-0.05, 0) is 46.9 Å². The number of benzene rings is 1. The highest BCUT2D eigenvalue weighted by molar-refractivity contribution is 6.66. The number of halogens is 6. The van der Waals surface area contributed by atoms with Crippen LogP contribution in [0.3, 0.4) is 0 Å². The van der Waals surface area contributed by atoms with Crippen LogP contribution < -0.4 is 4.74 Å². The summed E-state index contributed by atoms with van der Waals surface area (Å²) in [4.78, 5) is 0. The maximum atomic E-state index is 13.0. The summed E-state index contributed by atoms with van der Waals surface area (Å²) in [5, 5.41) is -0.573. The molecule has 0 radical (unpaired) electrons. The van der Waals surface area contributed by atoms with E-state index in [-0.39, 0.29) is 0 Å². The second-order valence-electron chi connectivity index (χ2n) is 2.22. The Kier molecular flexibility index (Phi) is 3.69. The molecule has 78 valence electrons. The van der Waals surface area contributed by atoms with Gasteiger partial charge in [0.1, 0.15) is 10.8 Å². The first-order chi connectivity index (χ1) is 6.31. The van der Waals surface area contributed by atoms with Gasteiger partial charge in [-0.2, -0.15) is 0 Å². The van der Waals surface area contributed by atoms with Crippen molar-refractivity contribution in [3.05, 3.63) is 28.8 Å². The van der Waals surface area contributed by atoms with E-state index in [2.05, 4.69) is 4.74 Å². The Morgan fingerprint density at radius 3 is 2.07 bits per heavy atom. The van der Waals surface area contributed by atoms with E-state index in [9.17, 15) is 8.78 Å². The summed E-state index contributed by atoms with van der Waals surface area (Å²) in [6, 6.07) is 1.65. The lowest BCUT2D eigenvalue weighted by Gasteiger charge is -2.15. The SMILES string of the molecule is Fc1ccc(F)c(OC(Cl)(Cl)Cl)c1Cl. The van der Waals surface area contributed by atoms with Crippen molar-refractivity contribution in [2.24, 2.45) is 0 Å². The molecule has 0 atom stereocenters. The van der Waals surface area contributed by atoms with Crippen molar-refractivity contribution in [3.8, 4) is 5.75 Å². The van der Waals surface area contributed by atoms with E-state index >= 15 is 0 Å². The maximum absolute atomic E-state index is 13.0. The van der Waals surface area contributed by atoms with Crippen molar-refractivity contribution in [3.63, 3.8) is 0 Å². The van der Waals surface area contributed by atoms with Gasteiger partial charge in [-0.1, -0.05) is 11.6 Å². The van der Waals surface area contributed by atoms with Crippen LogP contribution in [0.1, 0.15) is 0 Å². The van der Waals surface area contributed by atoms with Crippen LogP contribution >= 0.6 is 46.4 Å². The molecule has 0 aliphatic heterocycles. The van der Waals surface area contributed by atoms with Crippen molar-refractivity contribution in [1.82, 2.24) is 0 Å². The Labute approximate surface area is 98.5 Å². The molecule has 0 fully saturated rings. The van der Waals surface area contributed by atoms with E-state index in [0.717, 1.165) is 12.1 Å². The Balaban J connectivity index is 3.13. The average molecular weight is 282 g/mol. The summed E-state index contributed by atoms with van der Waals surface area (Å²) < 4.78 is 28.1. The standard InChI is InChI=1S/C7H2Cl4F2O/c8-5-3(12)1-2-4(13)6(5)14-7(9,10)11/h1-2H. The number of ether oxygens (including phenoxy) is 1. The third-order valence-electron chi connectivity index (χ3n) is 1.22. The molecular formula is C7H2Cl4F2O. The minimum Gasteiger partial charge on any atom is -0.441 e. The lowest BCUT2D eigenvalue weighted by molar-refractivity contribution is 0.301. The molecule has 0 spiro atoms. The lowest BCUT2D eigenvalue weighted by atomic mass is 10.3. The Hall–Kier alpha value is 0.0400. The molecule has 1 nitrogen and oxygen atoms in total. The van der Waals surface area contributed by atoms with E-state index in [0.29, 0.717) is 0 Å². The Morgan fingerprint density at radius 2 is 1.57 bits per heavy atom. The average Bonchev–Trinajstić information content (AvgIpc) is 2.04. The van der Waals surface area contributed by atoms with Crippen LogP contribution in [0.5, 0.6) is 5.75 Å². The zero-order chi connectivity index (χ0) is 10.9. The Bertz CT molecular complexity index is 350. The normalized spacial score (nSPS) is 11.6. The van der Waals surface area contributed by atoms with Crippen LogP contribution in [0.2, 0.25) is 5.02 Å². The molecule has 0 heterocycles. The van der Waals surface area contributed by atoms with Gasteiger partial charge in [0, 0.05) is 0 Å². The number of hydrogen-bond donors (Lipinski definition) is 0. The molecule has 1 aromatic rings. The molecule has 0 unspecified atom stereocenters. The largest absolute Gasteiger partial charge is 0.441 e. The molecule has 0 N–H and O–H groups in total. The summed E-state index contributed by atoms with van der Waals surface area (Å²) in [6.07, 6.45) is 0. The first-order valence-electron chi connectivity index (χ1n) is 3.20. The predicted octanol–water partition coefficient (Wildman–Crippen LogP) is 4.32. The van der Waals surface area contributed by atoms with Gasteiger partial charge in [0.2, 0.25) is 0 Å². The van der Waals surface area contributed by atoms with Gasteiger partial charge in [-0.25, -0.2) is 8.78 Å². The number of rotatable bonds is 1. The molecule has 0 aliphatic rings. The van der Waals surface area contributed by atoms with Crippen LogP contribution in [-0.2, 0) is 0 Å². The topological polar surface area (TPSA) is 9.23 Å². The summed E-state index contributed by atoms with van der Waals surface area (Å²) in [5.74, 6) is -2.41. The predicted molar refractivity (Wildman–Crippen MR) is 52.3 cm³/mol. The number of hydrogen-bond acceptors (Lipinski definition) is 1. The van der Waals surface area contributed by atoms with Crippen LogP contribution in [0.4, 0.5) is 8.78 Å². The molecule has 0 saturated carbocycles. The Morgan fingerprint density at radius 1 is 1.07 bits per heavy atom. The molecule has 0 aliphatic carbocycles. The van der Waals surface area contributed by atoms with E-state index in [4.69, 9.17) is 46.4 Å². The van der Waals surface area contributed by atoms with Gasteiger partial charge in [0.25, 0.3) is 0 Å². The smallest absolute Gasteiger partial charge is 0.338 e. The maximum Gasteiger partial charge on any atom is 0.338 e. The van der Waals surface area contributed by atoms with E-state index in [1.165, 1.54) is 0 Å². The van der Waals surface area contributed by atoms with Crippen LogP contribution in [0, 0.1) is 11.6 Å². The summed E-state index contributed by atoms with van der Waals surface area (Å²) in [6.45, 7) is 0. The zero-order valence-electron chi connectivity index (χ0n) is 6.33. The van der Waals surface area contributed by atoms with Gasteiger partial charge < -0.3 is 4.74 Å². The van der Waals surface area contributed by atoms with Crippen molar-refractivity contribution >= 4 is 46.4 Å². The van der Waals surface area contributed by atoms with Gasteiger partial charge in [0.05, 0.1) is 0 Å². The van der Waals surface area contributed by atoms with Crippen molar-refractivity contribution in [2.45, 2.75) is 3.98 Å². The second kappa shape index (κ2) is 4.27. The molecule has 0 bridgehead atoms. The van der Waals surface area contributed by atoms with Crippen molar-refractivity contribution in [2.75, 3.05) is 0 Å². The monoisotopic (exact) mass is 280 g/mol. The molecule has 1 aromatic carbocycles. The van der Waals surface area contributed by atoms with Crippen molar-refractivity contribution < 1.29 is 13.5 Å². The molecule has 0 amide bonds. The van der Waals surface area contributed by atoms with E-state index in [1.54, 1.807) is 0 Å². The van der Waals surface area contributed by atoms with Crippen molar-refractivity contribution in [1.29, 1.82) is 0 Å². The number of alkyl halides is 3. The lowest BCUT2D eigenvalue weighted by Crippen LogP contribution is -2.14. The summed E-state index contributed by atoms with van der Waals surface area (Å²) >= 11 is 21.1. The van der Waals surface area contributed by atoms with Gasteiger partial charge in [-0.15, -0.1) is 0 Å². The molecular weight excluding hydrogens is 280 g/mol. The van der Waals surface area contributed by atoms with E-state index in [1.807, 2.05) is 0 Å². The van der Waals surface area contributed by atoms with E-state index < -0.39 is 26.4 Å². The summed E-state index contributed by atoms with van der Waals surface area (Å²) in [5.41, 5.74) is 0. The van der Waals surface area contributed by atoms with Crippen LogP contribution in [0.15, 0.2) is 12.1 Å². The fourth-order valence-electron chi connectivity index (χ4n) is 0.718. The third kappa shape index (κ3) is 3.02. The van der Waals surface area contributed by atoms with Gasteiger partial charge >= 0.3 is 3.98 Å². The van der Waals surface area contributed by atoms with Gasteiger partial charge in [-0.3, -0.25) is 0 Å². The second-order valence-corrected chi connectivity index (χ2v) is 4.78. The molecule has 0 saturated heterocycles. The highest BCUT2D eigenvalue weighted by atomic mass is 35.6. The molecule has 1 rings (SSSR count). The highest BCUT2D eigenvalue weighted by Gasteiger charge is 2.26. The molecule has 0 aromatic heterocycles. The fraction of sp³-hybridized carbons (Fsp3) is 0.143.